The van der Waals surface area contributed by atoms with E-state index in [1.807, 2.05) is 25.3 Å². The molecule has 1 aromatic carbocycles. The number of nitrogens with two attached hydrogens (primary N) is 1. The summed E-state index contributed by atoms with van der Waals surface area (Å²) in [5.41, 5.74) is 6.26. The van der Waals surface area contributed by atoms with Crippen molar-refractivity contribution < 1.29 is 19.1 Å². The Balaban J connectivity index is 2.75. The zero-order valence-electron chi connectivity index (χ0n) is 12.6. The number of primary amides is 1. The molecule has 0 heterocycles. The summed E-state index contributed by atoms with van der Waals surface area (Å²) < 4.78 is 4.79. The van der Waals surface area contributed by atoms with E-state index in [1.165, 1.54) is 0 Å². The number of thioether (sulfide) groups is 1. The Labute approximate surface area is 133 Å². The summed E-state index contributed by atoms with van der Waals surface area (Å²) in [5.74, 6) is -1.07. The molecular formula is C15H20N2O4S. The Bertz CT molecular complexity index is 548. The van der Waals surface area contributed by atoms with Gasteiger partial charge < -0.3 is 15.8 Å². The molecule has 0 aromatic heterocycles. The van der Waals surface area contributed by atoms with Gasteiger partial charge in [0, 0.05) is 5.56 Å². The molecule has 1 rings (SSSR count). The molecule has 120 valence electrons. The monoisotopic (exact) mass is 324 g/mol. The predicted octanol–water partition coefficient (Wildman–Crippen LogP) is 0.875. The first-order valence-electron chi connectivity index (χ1n) is 6.76. The molecular weight excluding hydrogens is 304 g/mol. The van der Waals surface area contributed by atoms with Gasteiger partial charge in [0.15, 0.2) is 6.61 Å². The molecule has 0 saturated heterocycles. The predicted molar refractivity (Wildman–Crippen MR) is 85.6 cm³/mol. The highest BCUT2D eigenvalue weighted by molar-refractivity contribution is 7.98. The maximum Gasteiger partial charge on any atom is 0.329 e. The molecule has 0 spiro atoms. The molecule has 7 heteroatoms. The summed E-state index contributed by atoms with van der Waals surface area (Å²) in [6.45, 7) is 1.33. The Morgan fingerprint density at radius 1 is 1.32 bits per heavy atom. The SMILES string of the molecule is CSCCC(NC(=O)c1ccccc1C)C(=O)OCC(N)=O. The van der Waals surface area contributed by atoms with Crippen molar-refractivity contribution in [1.82, 2.24) is 5.32 Å². The second-order valence-electron chi connectivity index (χ2n) is 4.70. The second-order valence-corrected chi connectivity index (χ2v) is 5.68. The topological polar surface area (TPSA) is 98.5 Å². The fourth-order valence-electron chi connectivity index (χ4n) is 1.79. The van der Waals surface area contributed by atoms with Crippen molar-refractivity contribution in [3.05, 3.63) is 35.4 Å². The van der Waals surface area contributed by atoms with Gasteiger partial charge in [-0.25, -0.2) is 4.79 Å². The van der Waals surface area contributed by atoms with Gasteiger partial charge in [-0.05, 0) is 37.0 Å². The fraction of sp³-hybridized carbons (Fsp3) is 0.400. The summed E-state index contributed by atoms with van der Waals surface area (Å²) in [4.78, 5) is 34.9. The van der Waals surface area contributed by atoms with E-state index in [1.54, 1.807) is 23.9 Å². The standard InChI is InChI=1S/C15H20N2O4S/c1-10-5-3-4-6-11(10)14(19)17-12(7-8-22-2)15(20)21-9-13(16)18/h3-6,12H,7-9H2,1-2H3,(H2,16,18)(H,17,19). The van der Waals surface area contributed by atoms with Gasteiger partial charge in [0.1, 0.15) is 6.04 Å². The number of carbonyl (C=O) groups is 3. The third-order valence-corrected chi connectivity index (χ3v) is 3.59. The molecule has 0 fully saturated rings. The molecule has 0 radical (unpaired) electrons. The molecule has 1 aromatic rings. The van der Waals surface area contributed by atoms with Crippen molar-refractivity contribution in [3.63, 3.8) is 0 Å². The van der Waals surface area contributed by atoms with Crippen molar-refractivity contribution in [2.45, 2.75) is 19.4 Å². The first-order valence-corrected chi connectivity index (χ1v) is 8.15. The fourth-order valence-corrected chi connectivity index (χ4v) is 2.26. The number of benzene rings is 1. The van der Waals surface area contributed by atoms with Crippen LogP contribution in [-0.4, -0.2) is 42.4 Å². The molecule has 22 heavy (non-hydrogen) atoms. The molecule has 0 saturated carbocycles. The van der Waals surface area contributed by atoms with Crippen LogP contribution in [0.1, 0.15) is 22.3 Å². The van der Waals surface area contributed by atoms with Gasteiger partial charge in [-0.1, -0.05) is 18.2 Å². The van der Waals surface area contributed by atoms with Crippen molar-refractivity contribution in [1.29, 1.82) is 0 Å². The summed E-state index contributed by atoms with van der Waals surface area (Å²) in [5, 5.41) is 2.65. The lowest BCUT2D eigenvalue weighted by Crippen LogP contribution is -2.43. The lowest BCUT2D eigenvalue weighted by Gasteiger charge is -2.17. The third-order valence-electron chi connectivity index (χ3n) is 2.95. The van der Waals surface area contributed by atoms with Crippen LogP contribution in [0.3, 0.4) is 0 Å². The highest BCUT2D eigenvalue weighted by Gasteiger charge is 2.23. The molecule has 0 bridgehead atoms. The van der Waals surface area contributed by atoms with Crippen LogP contribution in [0.5, 0.6) is 0 Å². The summed E-state index contributed by atoms with van der Waals surface area (Å²) in [6.07, 6.45) is 2.31. The highest BCUT2D eigenvalue weighted by Crippen LogP contribution is 2.09. The lowest BCUT2D eigenvalue weighted by atomic mass is 10.1. The number of hydrogen-bond donors (Lipinski definition) is 2. The number of ether oxygens (including phenoxy) is 1. The molecule has 1 unspecified atom stereocenters. The van der Waals surface area contributed by atoms with E-state index in [2.05, 4.69) is 5.32 Å². The molecule has 1 atom stereocenters. The highest BCUT2D eigenvalue weighted by atomic mass is 32.2. The van der Waals surface area contributed by atoms with Gasteiger partial charge in [0.2, 0.25) is 0 Å². The number of aryl methyl sites for hydroxylation is 1. The average Bonchev–Trinajstić information content (AvgIpc) is 2.49. The number of hydrogen-bond acceptors (Lipinski definition) is 5. The number of esters is 1. The van der Waals surface area contributed by atoms with Crippen LogP contribution >= 0.6 is 11.8 Å². The van der Waals surface area contributed by atoms with E-state index >= 15 is 0 Å². The van der Waals surface area contributed by atoms with Gasteiger partial charge in [-0.15, -0.1) is 0 Å². The smallest absolute Gasteiger partial charge is 0.329 e. The number of rotatable bonds is 8. The summed E-state index contributed by atoms with van der Waals surface area (Å²) in [7, 11) is 0. The minimum absolute atomic E-state index is 0.347. The van der Waals surface area contributed by atoms with Crippen LogP contribution in [0.25, 0.3) is 0 Å². The normalized spacial score (nSPS) is 11.5. The molecule has 3 N–H and O–H groups in total. The maximum absolute atomic E-state index is 12.3. The second kappa shape index (κ2) is 9.09. The Morgan fingerprint density at radius 2 is 2.00 bits per heavy atom. The molecule has 0 aliphatic heterocycles. The van der Waals surface area contributed by atoms with E-state index in [9.17, 15) is 14.4 Å². The van der Waals surface area contributed by atoms with Crippen LogP contribution < -0.4 is 11.1 Å². The zero-order chi connectivity index (χ0) is 16.5. The van der Waals surface area contributed by atoms with E-state index in [0.717, 1.165) is 5.56 Å². The van der Waals surface area contributed by atoms with E-state index < -0.39 is 24.5 Å². The first-order chi connectivity index (χ1) is 10.5. The largest absolute Gasteiger partial charge is 0.454 e. The zero-order valence-corrected chi connectivity index (χ0v) is 13.4. The van der Waals surface area contributed by atoms with Gasteiger partial charge in [-0.2, -0.15) is 11.8 Å². The molecule has 6 nitrogen and oxygen atoms in total. The molecule has 2 amide bonds. The van der Waals surface area contributed by atoms with Crippen molar-refractivity contribution in [2.75, 3.05) is 18.6 Å². The van der Waals surface area contributed by atoms with Crippen LogP contribution in [0.2, 0.25) is 0 Å². The van der Waals surface area contributed by atoms with Crippen LogP contribution in [0, 0.1) is 6.92 Å². The number of carbonyl (C=O) groups excluding carboxylic acids is 3. The van der Waals surface area contributed by atoms with Crippen molar-refractivity contribution in [3.8, 4) is 0 Å². The van der Waals surface area contributed by atoms with Crippen LogP contribution in [0.4, 0.5) is 0 Å². The lowest BCUT2D eigenvalue weighted by molar-refractivity contribution is -0.149. The quantitative estimate of drug-likeness (QED) is 0.692. The molecule has 0 aliphatic rings. The summed E-state index contributed by atoms with van der Waals surface area (Å²) in [6, 6.07) is 6.28. The van der Waals surface area contributed by atoms with Gasteiger partial charge in [0.25, 0.3) is 11.8 Å². The van der Waals surface area contributed by atoms with Gasteiger partial charge in [0.05, 0.1) is 0 Å². The Morgan fingerprint density at radius 3 is 2.59 bits per heavy atom. The minimum atomic E-state index is -0.807. The Hall–Kier alpha value is -2.02. The Kier molecular flexibility index (Phi) is 7.45. The number of amides is 2. The third kappa shape index (κ3) is 5.77. The van der Waals surface area contributed by atoms with Crippen molar-refractivity contribution >= 4 is 29.5 Å². The van der Waals surface area contributed by atoms with Crippen LogP contribution in [0.15, 0.2) is 24.3 Å². The van der Waals surface area contributed by atoms with E-state index in [4.69, 9.17) is 10.5 Å². The average molecular weight is 324 g/mol. The van der Waals surface area contributed by atoms with Crippen LogP contribution in [-0.2, 0) is 14.3 Å². The van der Waals surface area contributed by atoms with E-state index in [-0.39, 0.29) is 5.91 Å². The van der Waals surface area contributed by atoms with Crippen molar-refractivity contribution in [2.24, 2.45) is 5.73 Å². The summed E-state index contributed by atoms with van der Waals surface area (Å²) >= 11 is 1.55. The number of nitrogens with one attached hydrogen (secondary N) is 1. The molecule has 0 aliphatic carbocycles. The van der Waals surface area contributed by atoms with Gasteiger partial charge in [-0.3, -0.25) is 9.59 Å². The van der Waals surface area contributed by atoms with Gasteiger partial charge >= 0.3 is 5.97 Å². The van der Waals surface area contributed by atoms with E-state index in [0.29, 0.717) is 17.7 Å². The minimum Gasteiger partial charge on any atom is -0.454 e. The first kappa shape index (κ1) is 18.0. The maximum atomic E-state index is 12.3.